The fraction of sp³-hybridized carbons (Fsp3) is 0.769. The molecule has 1 aliphatic heterocycles. The minimum absolute atomic E-state index is 0.138. The van der Waals surface area contributed by atoms with Crippen LogP contribution >= 0.6 is 0 Å². The van der Waals surface area contributed by atoms with E-state index in [1.54, 1.807) is 0 Å². The number of methoxy groups -OCH3 is 1. The van der Waals surface area contributed by atoms with Crippen LogP contribution in [0.4, 0.5) is 0 Å². The van der Waals surface area contributed by atoms with Crippen LogP contribution in [0.25, 0.3) is 0 Å². The normalized spacial score (nSPS) is 27.5. The predicted octanol–water partition coefficient (Wildman–Crippen LogP) is 2.78. The first kappa shape index (κ1) is 14.4. The van der Waals surface area contributed by atoms with E-state index in [9.17, 15) is 4.79 Å². The number of ether oxygens (including phenoxy) is 2. The zero-order valence-electron chi connectivity index (χ0n) is 11.6. The SMILES string of the molecule is CCCC1(C(=O)OC)COC/C1=C\[Si](C)(C)C. The van der Waals surface area contributed by atoms with E-state index in [2.05, 4.69) is 32.3 Å². The van der Waals surface area contributed by atoms with Crippen molar-refractivity contribution < 1.29 is 14.3 Å². The third-order valence-electron chi connectivity index (χ3n) is 3.08. The van der Waals surface area contributed by atoms with Crippen LogP contribution in [0.15, 0.2) is 11.3 Å². The zero-order valence-corrected chi connectivity index (χ0v) is 12.6. The van der Waals surface area contributed by atoms with Crippen LogP contribution < -0.4 is 0 Å². The first-order valence-corrected chi connectivity index (χ1v) is 9.82. The molecular weight excluding hydrogens is 232 g/mol. The molecule has 0 saturated carbocycles. The van der Waals surface area contributed by atoms with Crippen LogP contribution in [0.2, 0.25) is 19.6 Å². The molecule has 1 unspecified atom stereocenters. The molecule has 0 amide bonds. The van der Waals surface area contributed by atoms with Crippen molar-refractivity contribution in [3.63, 3.8) is 0 Å². The van der Waals surface area contributed by atoms with Crippen LogP contribution in [0, 0.1) is 5.41 Å². The van der Waals surface area contributed by atoms with Gasteiger partial charge in [0, 0.05) is 0 Å². The Morgan fingerprint density at radius 3 is 2.65 bits per heavy atom. The number of esters is 1. The Balaban J connectivity index is 3.11. The van der Waals surface area contributed by atoms with E-state index < -0.39 is 13.5 Å². The van der Waals surface area contributed by atoms with Gasteiger partial charge in [0.15, 0.2) is 0 Å². The minimum atomic E-state index is -1.35. The average molecular weight is 256 g/mol. The highest BCUT2D eigenvalue weighted by Crippen LogP contribution is 2.40. The molecule has 1 aliphatic rings. The molecule has 1 heterocycles. The summed E-state index contributed by atoms with van der Waals surface area (Å²) in [6, 6.07) is 0. The molecule has 0 aromatic rings. The monoisotopic (exact) mass is 256 g/mol. The lowest BCUT2D eigenvalue weighted by atomic mass is 9.79. The fourth-order valence-electron chi connectivity index (χ4n) is 2.42. The van der Waals surface area contributed by atoms with Gasteiger partial charge in [0.2, 0.25) is 0 Å². The van der Waals surface area contributed by atoms with Gasteiger partial charge in [0.05, 0.1) is 28.4 Å². The summed E-state index contributed by atoms with van der Waals surface area (Å²) in [7, 11) is 0.114. The van der Waals surface area contributed by atoms with Gasteiger partial charge in [0.25, 0.3) is 0 Å². The molecule has 0 bridgehead atoms. The van der Waals surface area contributed by atoms with Crippen molar-refractivity contribution in [3.05, 3.63) is 11.3 Å². The molecule has 3 nitrogen and oxygen atoms in total. The van der Waals surface area contributed by atoms with Crippen molar-refractivity contribution in [1.82, 2.24) is 0 Å². The third-order valence-corrected chi connectivity index (χ3v) is 4.30. The van der Waals surface area contributed by atoms with Crippen molar-refractivity contribution in [2.75, 3.05) is 20.3 Å². The van der Waals surface area contributed by atoms with E-state index in [1.165, 1.54) is 7.11 Å². The summed E-state index contributed by atoms with van der Waals surface area (Å²) >= 11 is 0. The van der Waals surface area contributed by atoms with Crippen LogP contribution in [0.3, 0.4) is 0 Å². The average Bonchev–Trinajstić information content (AvgIpc) is 2.59. The van der Waals surface area contributed by atoms with E-state index in [0.29, 0.717) is 13.2 Å². The molecule has 0 spiro atoms. The Labute approximate surface area is 105 Å². The largest absolute Gasteiger partial charge is 0.468 e. The van der Waals surface area contributed by atoms with Crippen molar-refractivity contribution in [1.29, 1.82) is 0 Å². The molecule has 1 saturated heterocycles. The number of rotatable bonds is 4. The molecule has 1 atom stereocenters. The van der Waals surface area contributed by atoms with Gasteiger partial charge >= 0.3 is 5.97 Å². The maximum atomic E-state index is 12.1. The summed E-state index contributed by atoms with van der Waals surface area (Å²) in [5, 5.41) is 0. The topological polar surface area (TPSA) is 35.5 Å². The minimum Gasteiger partial charge on any atom is -0.468 e. The fourth-order valence-corrected chi connectivity index (χ4v) is 3.82. The maximum absolute atomic E-state index is 12.1. The molecule has 1 fully saturated rings. The highest BCUT2D eigenvalue weighted by atomic mass is 28.3. The summed E-state index contributed by atoms with van der Waals surface area (Å²) in [6.07, 6.45) is 1.78. The lowest BCUT2D eigenvalue weighted by Crippen LogP contribution is -2.36. The number of carbonyl (C=O) groups excluding carboxylic acids is 1. The standard InChI is InChI=1S/C13H24O3Si/c1-6-7-13(12(14)15-2)10-16-8-11(13)9-17(3,4)5/h9H,6-8,10H2,1-5H3/b11-9+. The van der Waals surface area contributed by atoms with Gasteiger partial charge in [-0.3, -0.25) is 4.79 Å². The number of hydrogen-bond acceptors (Lipinski definition) is 3. The first-order chi connectivity index (χ1) is 7.85. The summed E-state index contributed by atoms with van der Waals surface area (Å²) in [4.78, 5) is 12.1. The molecule has 17 heavy (non-hydrogen) atoms. The third kappa shape index (κ3) is 3.19. The van der Waals surface area contributed by atoms with Crippen molar-refractivity contribution in [2.24, 2.45) is 5.41 Å². The predicted molar refractivity (Wildman–Crippen MR) is 71.6 cm³/mol. The summed E-state index contributed by atoms with van der Waals surface area (Å²) in [6.45, 7) is 9.96. The van der Waals surface area contributed by atoms with Gasteiger partial charge < -0.3 is 9.47 Å². The lowest BCUT2D eigenvalue weighted by Gasteiger charge is -2.27. The molecule has 0 N–H and O–H groups in total. The molecule has 0 aliphatic carbocycles. The molecule has 0 aromatic heterocycles. The first-order valence-electron chi connectivity index (χ1n) is 6.24. The molecule has 4 heteroatoms. The highest BCUT2D eigenvalue weighted by molar-refractivity contribution is 6.81. The molecular formula is C13H24O3Si. The van der Waals surface area contributed by atoms with Gasteiger partial charge in [-0.05, 0) is 12.0 Å². The summed E-state index contributed by atoms with van der Waals surface area (Å²) < 4.78 is 10.5. The van der Waals surface area contributed by atoms with E-state index >= 15 is 0 Å². The summed E-state index contributed by atoms with van der Waals surface area (Å²) in [5.74, 6) is -0.138. The van der Waals surface area contributed by atoms with Crippen LogP contribution in [-0.4, -0.2) is 34.4 Å². The van der Waals surface area contributed by atoms with Gasteiger partial charge in [-0.25, -0.2) is 0 Å². The number of hydrogen-bond donors (Lipinski definition) is 0. The van der Waals surface area contributed by atoms with Crippen molar-refractivity contribution in [3.8, 4) is 0 Å². The van der Waals surface area contributed by atoms with E-state index in [-0.39, 0.29) is 5.97 Å². The van der Waals surface area contributed by atoms with Crippen LogP contribution in [0.5, 0.6) is 0 Å². The van der Waals surface area contributed by atoms with E-state index in [1.807, 2.05) is 0 Å². The van der Waals surface area contributed by atoms with Crippen molar-refractivity contribution >= 4 is 14.0 Å². The maximum Gasteiger partial charge on any atom is 0.318 e. The second-order valence-electron chi connectivity index (χ2n) is 5.85. The van der Waals surface area contributed by atoms with E-state index in [0.717, 1.165) is 18.4 Å². The van der Waals surface area contributed by atoms with Crippen LogP contribution in [0.1, 0.15) is 19.8 Å². The van der Waals surface area contributed by atoms with Crippen molar-refractivity contribution in [2.45, 2.75) is 39.4 Å². The summed E-state index contributed by atoms with van der Waals surface area (Å²) in [5.41, 5.74) is 2.93. The second kappa shape index (κ2) is 5.36. The highest BCUT2D eigenvalue weighted by Gasteiger charge is 2.47. The number of carbonyl (C=O) groups is 1. The lowest BCUT2D eigenvalue weighted by molar-refractivity contribution is -0.151. The van der Waals surface area contributed by atoms with Gasteiger partial charge in [-0.1, -0.05) is 38.7 Å². The second-order valence-corrected chi connectivity index (χ2v) is 10.9. The molecule has 0 radical (unpaired) electrons. The van der Waals surface area contributed by atoms with Gasteiger partial charge in [0.1, 0.15) is 5.41 Å². The quantitative estimate of drug-likeness (QED) is 0.573. The Morgan fingerprint density at radius 2 is 2.18 bits per heavy atom. The smallest absolute Gasteiger partial charge is 0.318 e. The van der Waals surface area contributed by atoms with Gasteiger partial charge in [-0.2, -0.15) is 0 Å². The molecule has 1 rings (SSSR count). The Morgan fingerprint density at radius 1 is 1.53 bits per heavy atom. The van der Waals surface area contributed by atoms with Crippen LogP contribution in [-0.2, 0) is 14.3 Å². The Bertz CT molecular complexity index is 317. The Kier molecular flexibility index (Phi) is 4.55. The zero-order chi connectivity index (χ0) is 13.1. The molecule has 98 valence electrons. The van der Waals surface area contributed by atoms with E-state index in [4.69, 9.17) is 9.47 Å². The Hall–Kier alpha value is -0.613. The molecule has 0 aromatic carbocycles. The van der Waals surface area contributed by atoms with Gasteiger partial charge in [-0.15, -0.1) is 0 Å².